The third-order valence-corrected chi connectivity index (χ3v) is 8.64. The van der Waals surface area contributed by atoms with E-state index in [9.17, 15) is 53.2 Å². The number of aliphatic hydroxyl groups excluding tert-OH is 2. The molecular formula is C30H30F3N4O8-. The highest BCUT2D eigenvalue weighted by Gasteiger charge is 2.46. The van der Waals surface area contributed by atoms with Crippen molar-refractivity contribution in [1.29, 1.82) is 5.26 Å². The monoisotopic (exact) mass is 631 g/mol. The average Bonchev–Trinajstić information content (AvgIpc) is 2.98. The average molecular weight is 632 g/mol. The maximum absolute atomic E-state index is 13.9. The van der Waals surface area contributed by atoms with Gasteiger partial charge in [0.1, 0.15) is 11.5 Å². The van der Waals surface area contributed by atoms with Crippen LogP contribution in [-0.4, -0.2) is 62.8 Å². The number of hydrazine groups is 1. The Hall–Kier alpha value is -4.07. The third kappa shape index (κ3) is 5.64. The van der Waals surface area contributed by atoms with E-state index >= 15 is 0 Å². The first-order valence-electron chi connectivity index (χ1n) is 14.1. The van der Waals surface area contributed by atoms with Gasteiger partial charge in [-0.2, -0.15) is 18.4 Å². The number of hydrogen-bond acceptors (Lipinski definition) is 11. The van der Waals surface area contributed by atoms with Crippen LogP contribution in [0.5, 0.6) is 11.5 Å². The van der Waals surface area contributed by atoms with E-state index in [1.165, 1.54) is 6.92 Å². The molecule has 1 saturated carbocycles. The number of amides is 1. The number of fused-ring (bicyclic) bond motifs is 3. The molecule has 0 aliphatic heterocycles. The molecule has 4 unspecified atom stereocenters. The molecule has 3 aliphatic rings. The lowest BCUT2D eigenvalue weighted by atomic mass is 9.72. The van der Waals surface area contributed by atoms with Crippen molar-refractivity contribution in [2.24, 2.45) is 17.6 Å². The standard InChI is InChI=1S/C30H30F3N4O8/c1-11(39)36-37-19(10-38)12-6-16-22(20(7-12)45-14-5-13(9-34)25(40)18(35)8-14)29(44)24-23(27(16)42)26(41)15-3-2-4-17(30(31,32)33)21(15)28(24)43/h2-4,12-14,18,20,25,37-38,40,42,44H,5-8,10,35H2,1H3,(H,36,39)/q-1/t12-,13?,14?,18?,20+,25?/m1/s1. The van der Waals surface area contributed by atoms with Gasteiger partial charge in [0.2, 0.25) is 5.91 Å². The Morgan fingerprint density at radius 1 is 1.13 bits per heavy atom. The highest BCUT2D eigenvalue weighted by Crippen LogP contribution is 2.53. The Bertz CT molecular complexity index is 1610. The van der Waals surface area contributed by atoms with Crippen LogP contribution in [0.4, 0.5) is 13.2 Å². The number of phenolic OH excluding ortho intramolecular Hbond substituents is 2. The lowest BCUT2D eigenvalue weighted by molar-refractivity contribution is -0.138. The summed E-state index contributed by atoms with van der Waals surface area (Å²) in [5, 5.41) is 53.0. The molecule has 2 aromatic carbocycles. The smallest absolute Gasteiger partial charge is 0.417 e. The van der Waals surface area contributed by atoms with Crippen LogP contribution in [0.25, 0.3) is 0 Å². The number of nitrogens with two attached hydrogens (primary N) is 1. The summed E-state index contributed by atoms with van der Waals surface area (Å²) in [6.45, 7) is 0.629. The zero-order valence-corrected chi connectivity index (χ0v) is 23.8. The Morgan fingerprint density at radius 3 is 2.44 bits per heavy atom. The number of ether oxygens (including phenoxy) is 1. The molecule has 2 aromatic rings. The first kappa shape index (κ1) is 32.3. The lowest BCUT2D eigenvalue weighted by Gasteiger charge is -2.46. The second kappa shape index (κ2) is 12.0. The molecule has 0 heterocycles. The minimum absolute atomic E-state index is 0.0278. The maximum atomic E-state index is 13.9. The molecular weight excluding hydrogens is 601 g/mol. The SMILES string of the molecule is CC(=O)NN[C-](CO)[C@@H]1Cc2c(O)c3c(c(O)c2[C@@H](OC2CC(N)C(O)C(C#N)C2)C1)C(=O)c1c(cccc1C(F)(F)F)C3=O. The molecule has 0 aromatic heterocycles. The number of carbonyl (C=O) groups is 3. The number of carbonyl (C=O) groups excluding carboxylic acids is 3. The van der Waals surface area contributed by atoms with Crippen molar-refractivity contribution in [2.75, 3.05) is 6.61 Å². The summed E-state index contributed by atoms with van der Waals surface area (Å²) < 4.78 is 48.0. The first-order valence-corrected chi connectivity index (χ1v) is 14.1. The van der Waals surface area contributed by atoms with Crippen molar-refractivity contribution in [3.8, 4) is 17.6 Å². The first-order chi connectivity index (χ1) is 21.2. The Labute approximate surface area is 254 Å². The van der Waals surface area contributed by atoms with Crippen molar-refractivity contribution in [3.63, 3.8) is 0 Å². The van der Waals surface area contributed by atoms with Crippen molar-refractivity contribution in [2.45, 2.75) is 63.1 Å². The van der Waals surface area contributed by atoms with E-state index in [1.807, 2.05) is 6.07 Å². The van der Waals surface area contributed by atoms with Crippen LogP contribution in [0.2, 0.25) is 0 Å². The number of aromatic hydroxyl groups is 2. The van der Waals surface area contributed by atoms with E-state index < -0.39 is 106 Å². The Morgan fingerprint density at radius 2 is 1.82 bits per heavy atom. The van der Waals surface area contributed by atoms with E-state index in [4.69, 9.17) is 10.5 Å². The summed E-state index contributed by atoms with van der Waals surface area (Å²) in [7, 11) is 0. The van der Waals surface area contributed by atoms with Crippen LogP contribution in [0, 0.1) is 29.2 Å². The second-order valence-corrected chi connectivity index (χ2v) is 11.5. The fourth-order valence-corrected chi connectivity index (χ4v) is 6.54. The van der Waals surface area contributed by atoms with Crippen LogP contribution in [0.3, 0.4) is 0 Å². The van der Waals surface area contributed by atoms with Crippen molar-refractivity contribution >= 4 is 17.5 Å². The molecule has 6 atom stereocenters. The molecule has 12 nitrogen and oxygen atoms in total. The van der Waals surface area contributed by atoms with Crippen LogP contribution in [0.15, 0.2) is 18.2 Å². The summed E-state index contributed by atoms with van der Waals surface area (Å²) in [4.78, 5) is 38.8. The number of nitrogens with one attached hydrogen (secondary N) is 2. The number of phenols is 2. The highest BCUT2D eigenvalue weighted by atomic mass is 19.4. The summed E-state index contributed by atoms with van der Waals surface area (Å²) in [6, 6.07) is 3.93. The van der Waals surface area contributed by atoms with Gasteiger partial charge in [-0.25, -0.2) is 6.04 Å². The molecule has 45 heavy (non-hydrogen) atoms. The molecule has 240 valence electrons. The van der Waals surface area contributed by atoms with Gasteiger partial charge in [-0.3, -0.25) is 14.4 Å². The summed E-state index contributed by atoms with van der Waals surface area (Å²) in [5.41, 5.74) is 6.39. The number of nitrogens with zero attached hydrogens (tertiary/aromatic N) is 1. The number of ketones is 2. The molecule has 5 rings (SSSR count). The molecule has 8 N–H and O–H groups in total. The van der Waals surface area contributed by atoms with Gasteiger partial charge in [0.05, 0.1) is 47.0 Å². The number of hydrogen-bond donors (Lipinski definition) is 7. The van der Waals surface area contributed by atoms with Crippen molar-refractivity contribution in [1.82, 2.24) is 10.9 Å². The van der Waals surface area contributed by atoms with E-state index in [-0.39, 0.29) is 42.9 Å². The predicted molar refractivity (Wildman–Crippen MR) is 147 cm³/mol. The van der Waals surface area contributed by atoms with Gasteiger partial charge < -0.3 is 41.7 Å². The van der Waals surface area contributed by atoms with Crippen LogP contribution >= 0.6 is 0 Å². The van der Waals surface area contributed by atoms with E-state index in [1.54, 1.807) is 0 Å². The van der Waals surface area contributed by atoms with Gasteiger partial charge in [0, 0.05) is 35.2 Å². The number of halogens is 3. The number of benzene rings is 2. The maximum Gasteiger partial charge on any atom is 0.417 e. The molecule has 3 aliphatic carbocycles. The van der Waals surface area contributed by atoms with Gasteiger partial charge in [-0.15, -0.1) is 5.92 Å². The number of nitriles is 1. The van der Waals surface area contributed by atoms with Gasteiger partial charge in [-0.1, -0.05) is 18.7 Å². The number of rotatable bonds is 6. The molecule has 1 fully saturated rings. The van der Waals surface area contributed by atoms with Gasteiger partial charge in [0.25, 0.3) is 0 Å². The van der Waals surface area contributed by atoms with E-state index in [2.05, 4.69) is 10.9 Å². The zero-order chi connectivity index (χ0) is 33.0. The second-order valence-electron chi connectivity index (χ2n) is 11.5. The fourth-order valence-electron chi connectivity index (χ4n) is 6.54. The summed E-state index contributed by atoms with van der Waals surface area (Å²) >= 11 is 0. The van der Waals surface area contributed by atoms with E-state index in [0.29, 0.717) is 6.07 Å². The van der Waals surface area contributed by atoms with Crippen molar-refractivity contribution in [3.05, 3.63) is 63.2 Å². The minimum atomic E-state index is -5.01. The Kier molecular flexibility index (Phi) is 8.64. The largest absolute Gasteiger partial charge is 0.507 e. The zero-order valence-electron chi connectivity index (χ0n) is 23.8. The number of alkyl halides is 3. The molecule has 0 radical (unpaired) electrons. The molecule has 0 spiro atoms. The van der Waals surface area contributed by atoms with Crippen LogP contribution < -0.4 is 16.6 Å². The lowest BCUT2D eigenvalue weighted by Crippen LogP contribution is -2.49. The quantitative estimate of drug-likeness (QED) is 0.118. The van der Waals surface area contributed by atoms with Gasteiger partial charge in [0.15, 0.2) is 11.6 Å². The fraction of sp³-hybridized carbons (Fsp3) is 0.433. The summed E-state index contributed by atoms with van der Waals surface area (Å²) in [5.74, 6) is -6.12. The minimum Gasteiger partial charge on any atom is -0.507 e. The third-order valence-electron chi connectivity index (χ3n) is 8.64. The predicted octanol–water partition coefficient (Wildman–Crippen LogP) is 1.67. The van der Waals surface area contributed by atoms with E-state index in [0.717, 1.165) is 12.1 Å². The molecule has 0 saturated heterocycles. The molecule has 15 heteroatoms. The Balaban J connectivity index is 1.66. The van der Waals surface area contributed by atoms with Crippen molar-refractivity contribution < 1.29 is 52.7 Å². The molecule has 1 amide bonds. The van der Waals surface area contributed by atoms with Gasteiger partial charge >= 0.3 is 6.18 Å². The summed E-state index contributed by atoms with van der Waals surface area (Å²) in [6.07, 6.45) is -8.21. The number of aliphatic hydroxyl groups is 2. The topological polar surface area (TPSA) is 215 Å². The normalized spacial score (nSPS) is 26.1. The molecule has 0 bridgehead atoms. The highest BCUT2D eigenvalue weighted by molar-refractivity contribution is 6.31. The van der Waals surface area contributed by atoms with Crippen LogP contribution in [-0.2, 0) is 22.1 Å². The van der Waals surface area contributed by atoms with Crippen LogP contribution in [0.1, 0.15) is 80.8 Å². The van der Waals surface area contributed by atoms with Gasteiger partial charge in [-0.05, 0) is 31.7 Å².